The van der Waals surface area contributed by atoms with Crippen LogP contribution < -0.4 is 5.32 Å². The third kappa shape index (κ3) is 5.41. The Labute approximate surface area is 114 Å². The first-order chi connectivity index (χ1) is 9.45. The Bertz CT molecular complexity index is 506. The molecule has 2 aromatic rings. The fourth-order valence-corrected chi connectivity index (χ4v) is 1.78. The molecule has 0 saturated heterocycles. The Balaban J connectivity index is 1.52. The van der Waals surface area contributed by atoms with Crippen LogP contribution in [0.1, 0.15) is 18.4 Å². The molecule has 0 atom stereocenters. The highest BCUT2D eigenvalue weighted by molar-refractivity contribution is 5.33. The number of hydrogen-bond acceptors (Lipinski definition) is 2. The summed E-state index contributed by atoms with van der Waals surface area (Å²) in [5.74, 6) is 6.26. The standard InChI is InChI=1S/C16H19N3/c1-2-7-16(8-3-1)9-6-11-17-10-4-5-13-19-14-12-18-15-19/h1-3,7-8,12,14-15,17H,4-5,10-11,13H2. The second-order valence-corrected chi connectivity index (χ2v) is 4.35. The van der Waals surface area contributed by atoms with E-state index in [-0.39, 0.29) is 0 Å². The van der Waals surface area contributed by atoms with Crippen molar-refractivity contribution in [1.29, 1.82) is 0 Å². The Morgan fingerprint density at radius 2 is 2.05 bits per heavy atom. The van der Waals surface area contributed by atoms with Gasteiger partial charge in [0.2, 0.25) is 0 Å². The second-order valence-electron chi connectivity index (χ2n) is 4.35. The van der Waals surface area contributed by atoms with Crippen LogP contribution in [0.2, 0.25) is 0 Å². The van der Waals surface area contributed by atoms with Crippen molar-refractivity contribution < 1.29 is 0 Å². The predicted molar refractivity (Wildman–Crippen MR) is 77.7 cm³/mol. The Kier molecular flexibility index (Phi) is 5.72. The number of hydrogen-bond donors (Lipinski definition) is 1. The highest BCUT2D eigenvalue weighted by Crippen LogP contribution is 1.95. The summed E-state index contributed by atoms with van der Waals surface area (Å²) in [6.07, 6.45) is 8.00. The van der Waals surface area contributed by atoms with Crippen molar-refractivity contribution in [3.05, 3.63) is 54.6 Å². The first kappa shape index (κ1) is 13.4. The molecule has 2 rings (SSSR count). The maximum absolute atomic E-state index is 4.02. The highest BCUT2D eigenvalue weighted by Gasteiger charge is 1.90. The lowest BCUT2D eigenvalue weighted by Gasteiger charge is -2.02. The lowest BCUT2D eigenvalue weighted by atomic mass is 10.2. The van der Waals surface area contributed by atoms with Gasteiger partial charge in [0.15, 0.2) is 0 Å². The van der Waals surface area contributed by atoms with Crippen molar-refractivity contribution in [2.75, 3.05) is 13.1 Å². The molecule has 0 spiro atoms. The van der Waals surface area contributed by atoms with Gasteiger partial charge in [-0.15, -0.1) is 0 Å². The van der Waals surface area contributed by atoms with Gasteiger partial charge in [0, 0.05) is 24.5 Å². The Morgan fingerprint density at radius 1 is 1.16 bits per heavy atom. The molecule has 0 radical (unpaired) electrons. The molecule has 3 heteroatoms. The van der Waals surface area contributed by atoms with Crippen molar-refractivity contribution in [2.45, 2.75) is 19.4 Å². The third-order valence-corrected chi connectivity index (χ3v) is 2.80. The Morgan fingerprint density at radius 3 is 2.84 bits per heavy atom. The minimum absolute atomic E-state index is 0.750. The lowest BCUT2D eigenvalue weighted by Crippen LogP contribution is -2.15. The van der Waals surface area contributed by atoms with E-state index in [0.717, 1.165) is 38.0 Å². The SMILES string of the molecule is C(#Cc1ccccc1)CNCCCCn1ccnc1. The molecule has 0 aliphatic rings. The molecule has 0 amide bonds. The normalized spacial score (nSPS) is 9.89. The number of nitrogens with one attached hydrogen (secondary N) is 1. The summed E-state index contributed by atoms with van der Waals surface area (Å²) in [7, 11) is 0. The summed E-state index contributed by atoms with van der Waals surface area (Å²) in [6.45, 7) is 2.80. The van der Waals surface area contributed by atoms with E-state index in [0.29, 0.717) is 0 Å². The third-order valence-electron chi connectivity index (χ3n) is 2.80. The van der Waals surface area contributed by atoms with Crippen LogP contribution in [0.25, 0.3) is 0 Å². The molecule has 0 unspecified atom stereocenters. The average molecular weight is 253 g/mol. The second kappa shape index (κ2) is 8.12. The molecule has 1 N–H and O–H groups in total. The molecule has 98 valence electrons. The van der Waals surface area contributed by atoms with E-state index in [9.17, 15) is 0 Å². The van der Waals surface area contributed by atoms with Gasteiger partial charge in [-0.1, -0.05) is 30.0 Å². The maximum Gasteiger partial charge on any atom is 0.0945 e. The van der Waals surface area contributed by atoms with Crippen molar-refractivity contribution in [3.8, 4) is 11.8 Å². The van der Waals surface area contributed by atoms with Crippen LogP contribution in [0, 0.1) is 11.8 Å². The monoisotopic (exact) mass is 253 g/mol. The van der Waals surface area contributed by atoms with Gasteiger partial charge in [-0.2, -0.15) is 0 Å². The quantitative estimate of drug-likeness (QED) is 0.632. The number of aryl methyl sites for hydroxylation is 1. The molecular formula is C16H19N3. The Hall–Kier alpha value is -2.05. The molecule has 0 fully saturated rings. The number of benzene rings is 1. The van der Waals surface area contributed by atoms with E-state index < -0.39 is 0 Å². The van der Waals surface area contributed by atoms with E-state index in [1.165, 1.54) is 0 Å². The van der Waals surface area contributed by atoms with E-state index in [2.05, 4.69) is 26.7 Å². The molecule has 1 heterocycles. The first-order valence-corrected chi connectivity index (χ1v) is 6.65. The summed E-state index contributed by atoms with van der Waals surface area (Å²) in [5.41, 5.74) is 1.07. The van der Waals surface area contributed by atoms with Crippen molar-refractivity contribution in [3.63, 3.8) is 0 Å². The minimum atomic E-state index is 0.750. The number of rotatable bonds is 6. The average Bonchev–Trinajstić information content (AvgIpc) is 2.96. The van der Waals surface area contributed by atoms with Crippen LogP contribution in [0.3, 0.4) is 0 Å². The number of nitrogens with zero attached hydrogens (tertiary/aromatic N) is 2. The summed E-state index contributed by atoms with van der Waals surface area (Å²) in [5, 5.41) is 3.34. The van der Waals surface area contributed by atoms with E-state index in [1.807, 2.05) is 49.1 Å². The van der Waals surface area contributed by atoms with Crippen LogP contribution in [-0.2, 0) is 6.54 Å². The van der Waals surface area contributed by atoms with Crippen molar-refractivity contribution in [1.82, 2.24) is 14.9 Å². The lowest BCUT2D eigenvalue weighted by molar-refractivity contribution is 0.584. The zero-order valence-electron chi connectivity index (χ0n) is 11.0. The smallest absolute Gasteiger partial charge is 0.0945 e. The first-order valence-electron chi connectivity index (χ1n) is 6.65. The van der Waals surface area contributed by atoms with Crippen LogP contribution in [0.4, 0.5) is 0 Å². The van der Waals surface area contributed by atoms with Gasteiger partial charge in [0.25, 0.3) is 0 Å². The molecule has 0 saturated carbocycles. The molecule has 0 aliphatic carbocycles. The van der Waals surface area contributed by atoms with Crippen LogP contribution in [-0.4, -0.2) is 22.6 Å². The fourth-order valence-electron chi connectivity index (χ4n) is 1.78. The van der Waals surface area contributed by atoms with Gasteiger partial charge in [-0.05, 0) is 31.5 Å². The van der Waals surface area contributed by atoms with Gasteiger partial charge in [-0.25, -0.2) is 4.98 Å². The van der Waals surface area contributed by atoms with Crippen LogP contribution in [0.5, 0.6) is 0 Å². The molecule has 1 aromatic heterocycles. The summed E-state index contributed by atoms with van der Waals surface area (Å²) >= 11 is 0. The summed E-state index contributed by atoms with van der Waals surface area (Å²) < 4.78 is 2.11. The molecule has 3 nitrogen and oxygen atoms in total. The van der Waals surface area contributed by atoms with Gasteiger partial charge in [0.1, 0.15) is 0 Å². The van der Waals surface area contributed by atoms with E-state index in [4.69, 9.17) is 0 Å². The number of unbranched alkanes of at least 4 members (excludes halogenated alkanes) is 1. The summed E-state index contributed by atoms with van der Waals surface area (Å²) in [4.78, 5) is 4.02. The maximum atomic E-state index is 4.02. The molecule has 1 aromatic carbocycles. The van der Waals surface area contributed by atoms with Gasteiger partial charge < -0.3 is 9.88 Å². The minimum Gasteiger partial charge on any atom is -0.337 e. The van der Waals surface area contributed by atoms with Crippen molar-refractivity contribution >= 4 is 0 Å². The van der Waals surface area contributed by atoms with Crippen molar-refractivity contribution in [2.24, 2.45) is 0 Å². The largest absolute Gasteiger partial charge is 0.337 e. The molecule has 0 bridgehead atoms. The summed E-state index contributed by atoms with van der Waals surface area (Å²) in [6, 6.07) is 10.1. The fraction of sp³-hybridized carbons (Fsp3) is 0.312. The number of aromatic nitrogens is 2. The number of imidazole rings is 1. The zero-order chi connectivity index (χ0) is 13.2. The highest BCUT2D eigenvalue weighted by atomic mass is 15.0. The van der Waals surface area contributed by atoms with Crippen LogP contribution >= 0.6 is 0 Å². The van der Waals surface area contributed by atoms with E-state index in [1.54, 1.807) is 0 Å². The van der Waals surface area contributed by atoms with Gasteiger partial charge in [-0.3, -0.25) is 0 Å². The van der Waals surface area contributed by atoms with Gasteiger partial charge >= 0.3 is 0 Å². The van der Waals surface area contributed by atoms with E-state index >= 15 is 0 Å². The van der Waals surface area contributed by atoms with Gasteiger partial charge in [0.05, 0.1) is 12.9 Å². The predicted octanol–water partition coefficient (Wildman–Crippen LogP) is 2.30. The zero-order valence-corrected chi connectivity index (χ0v) is 11.0. The molecular weight excluding hydrogens is 234 g/mol. The molecule has 0 aliphatic heterocycles. The topological polar surface area (TPSA) is 29.9 Å². The van der Waals surface area contributed by atoms with Crippen LogP contribution in [0.15, 0.2) is 49.1 Å². The molecule has 19 heavy (non-hydrogen) atoms.